The van der Waals surface area contributed by atoms with E-state index in [1.807, 2.05) is 0 Å². The van der Waals surface area contributed by atoms with Gasteiger partial charge in [-0.15, -0.1) is 0 Å². The van der Waals surface area contributed by atoms with Crippen LogP contribution in [0.3, 0.4) is 0 Å². The number of fused-ring (bicyclic) bond motifs is 1. The zero-order valence-electron chi connectivity index (χ0n) is 17.5. The van der Waals surface area contributed by atoms with E-state index >= 15 is 0 Å². The van der Waals surface area contributed by atoms with E-state index in [0.29, 0.717) is 17.8 Å². The molecule has 5 rings (SSSR count). The van der Waals surface area contributed by atoms with Gasteiger partial charge in [-0.2, -0.15) is 0 Å². The Balaban J connectivity index is 1.26. The molecular formula is C21H18FN5O7. The lowest BCUT2D eigenvalue weighted by atomic mass is 10.1. The van der Waals surface area contributed by atoms with Crippen LogP contribution in [0.1, 0.15) is 0 Å². The molecule has 3 aromatic rings. The van der Waals surface area contributed by atoms with Gasteiger partial charge in [-0.05, 0) is 29.2 Å². The van der Waals surface area contributed by atoms with E-state index in [1.54, 1.807) is 18.2 Å². The second-order valence-electron chi connectivity index (χ2n) is 7.69. The smallest absolute Gasteiger partial charge is 0.414 e. The molecule has 2 aliphatic heterocycles. The van der Waals surface area contributed by atoms with E-state index in [-0.39, 0.29) is 43.0 Å². The third-order valence-corrected chi connectivity index (χ3v) is 5.39. The van der Waals surface area contributed by atoms with E-state index in [2.05, 4.69) is 9.97 Å². The van der Waals surface area contributed by atoms with Gasteiger partial charge >= 0.3 is 17.9 Å². The summed E-state index contributed by atoms with van der Waals surface area (Å²) < 4.78 is 32.5. The number of hydrogen-bond acceptors (Lipinski definition) is 9. The Morgan fingerprint density at radius 3 is 2.82 bits per heavy atom. The number of nitro groups is 1. The Kier molecular flexibility index (Phi) is 5.45. The molecule has 2 unspecified atom stereocenters. The highest BCUT2D eigenvalue weighted by Crippen LogP contribution is 2.30. The molecule has 1 N–H and O–H groups in total. The lowest BCUT2D eigenvalue weighted by molar-refractivity contribution is -0.389. The van der Waals surface area contributed by atoms with Gasteiger partial charge in [0.2, 0.25) is 5.88 Å². The second kappa shape index (κ2) is 8.59. The Bertz CT molecular complexity index is 1250. The quantitative estimate of drug-likeness (QED) is 0.423. The van der Waals surface area contributed by atoms with Crippen molar-refractivity contribution in [3.8, 4) is 23.0 Å². The molecule has 0 aliphatic carbocycles. The van der Waals surface area contributed by atoms with Gasteiger partial charge in [-0.1, -0.05) is 0 Å². The number of anilines is 1. The highest BCUT2D eigenvalue weighted by Gasteiger charge is 2.32. The Morgan fingerprint density at radius 2 is 2.15 bits per heavy atom. The van der Waals surface area contributed by atoms with Crippen molar-refractivity contribution in [2.45, 2.75) is 18.8 Å². The average Bonchev–Trinajstić information content (AvgIpc) is 3.43. The van der Waals surface area contributed by atoms with Crippen molar-refractivity contribution in [2.75, 3.05) is 24.7 Å². The Morgan fingerprint density at radius 1 is 1.29 bits per heavy atom. The molecule has 176 valence electrons. The molecule has 2 atom stereocenters. The zero-order valence-corrected chi connectivity index (χ0v) is 17.5. The van der Waals surface area contributed by atoms with Gasteiger partial charge < -0.3 is 29.4 Å². The number of hydrogen-bond donors (Lipinski definition) is 1. The zero-order chi connectivity index (χ0) is 23.8. The van der Waals surface area contributed by atoms with Crippen LogP contribution in [-0.4, -0.2) is 62.6 Å². The van der Waals surface area contributed by atoms with Gasteiger partial charge in [0, 0.05) is 28.4 Å². The van der Waals surface area contributed by atoms with Crippen LogP contribution in [0.5, 0.6) is 11.9 Å². The van der Waals surface area contributed by atoms with E-state index in [9.17, 15) is 19.3 Å². The first-order valence-corrected chi connectivity index (χ1v) is 10.3. The van der Waals surface area contributed by atoms with Crippen molar-refractivity contribution in [3.05, 3.63) is 58.7 Å². The minimum atomic E-state index is -0.642. The van der Waals surface area contributed by atoms with Crippen molar-refractivity contribution >= 4 is 17.6 Å². The van der Waals surface area contributed by atoms with Crippen LogP contribution < -0.4 is 14.4 Å². The van der Waals surface area contributed by atoms with Crippen LogP contribution in [0.4, 0.5) is 20.7 Å². The normalized spacial score (nSPS) is 19.4. The Labute approximate surface area is 191 Å². The minimum Gasteiger partial charge on any atom is -0.469 e. The molecular weight excluding hydrogens is 453 g/mol. The highest BCUT2D eigenvalue weighted by molar-refractivity contribution is 5.90. The largest absolute Gasteiger partial charge is 0.469 e. The number of cyclic esters (lactones) is 1. The summed E-state index contributed by atoms with van der Waals surface area (Å²) in [5, 5.41) is 20.0. The lowest BCUT2D eigenvalue weighted by Gasteiger charge is -2.22. The van der Waals surface area contributed by atoms with E-state index in [4.69, 9.17) is 19.3 Å². The summed E-state index contributed by atoms with van der Waals surface area (Å²) in [4.78, 5) is 31.4. The van der Waals surface area contributed by atoms with Crippen LogP contribution in [0.15, 0.2) is 42.7 Å². The van der Waals surface area contributed by atoms with Crippen molar-refractivity contribution < 1.29 is 33.4 Å². The monoisotopic (exact) mass is 471 g/mol. The number of rotatable bonds is 6. The molecule has 1 amide bonds. The molecule has 0 radical (unpaired) electrons. The van der Waals surface area contributed by atoms with E-state index in [1.165, 1.54) is 34.0 Å². The molecule has 0 saturated carbocycles. The summed E-state index contributed by atoms with van der Waals surface area (Å²) in [7, 11) is 0. The molecule has 4 heterocycles. The fourth-order valence-corrected chi connectivity index (χ4v) is 3.74. The van der Waals surface area contributed by atoms with Gasteiger partial charge in [0.25, 0.3) is 0 Å². The summed E-state index contributed by atoms with van der Waals surface area (Å²) in [5.41, 5.74) is 1.11. The molecule has 2 aliphatic rings. The van der Waals surface area contributed by atoms with Crippen LogP contribution in [-0.2, 0) is 11.3 Å². The van der Waals surface area contributed by atoms with Crippen LogP contribution in [0.25, 0.3) is 11.1 Å². The molecule has 1 saturated heterocycles. The third kappa shape index (κ3) is 4.08. The topological polar surface area (TPSA) is 142 Å². The van der Waals surface area contributed by atoms with Gasteiger partial charge in [0.05, 0.1) is 25.4 Å². The summed E-state index contributed by atoms with van der Waals surface area (Å²) in [6.07, 6.45) is 1.00. The van der Waals surface area contributed by atoms with E-state index in [0.717, 1.165) is 0 Å². The number of amides is 1. The first kappa shape index (κ1) is 21.6. The number of aliphatic hydroxyl groups excluding tert-OH is 1. The van der Waals surface area contributed by atoms with Crippen LogP contribution in [0.2, 0.25) is 0 Å². The summed E-state index contributed by atoms with van der Waals surface area (Å²) in [6.45, 7) is 0.273. The lowest BCUT2D eigenvalue weighted by Crippen LogP contribution is -2.34. The molecule has 0 spiro atoms. The number of nitrogens with zero attached hydrogens (tertiary/aromatic N) is 5. The predicted molar refractivity (Wildman–Crippen MR) is 113 cm³/mol. The number of carbonyl (C=O) groups excluding carboxylic acids is 1. The van der Waals surface area contributed by atoms with Crippen molar-refractivity contribution in [1.82, 2.24) is 14.5 Å². The molecule has 13 heteroatoms. The van der Waals surface area contributed by atoms with Crippen molar-refractivity contribution in [1.29, 1.82) is 0 Å². The molecule has 1 fully saturated rings. The first-order valence-electron chi connectivity index (χ1n) is 10.3. The van der Waals surface area contributed by atoms with Crippen molar-refractivity contribution in [3.63, 3.8) is 0 Å². The number of benzene rings is 1. The van der Waals surface area contributed by atoms with Crippen LogP contribution >= 0.6 is 0 Å². The number of aromatic nitrogens is 3. The second-order valence-corrected chi connectivity index (χ2v) is 7.69. The number of ether oxygens (including phenoxy) is 3. The maximum atomic E-state index is 14.8. The van der Waals surface area contributed by atoms with Gasteiger partial charge in [-0.3, -0.25) is 9.47 Å². The maximum Gasteiger partial charge on any atom is 0.414 e. The fraction of sp³-hybridized carbons (Fsp3) is 0.286. The number of halogens is 1. The van der Waals surface area contributed by atoms with Gasteiger partial charge in [0.15, 0.2) is 6.10 Å². The number of carbonyl (C=O) groups is 1. The molecule has 2 aromatic heterocycles. The maximum absolute atomic E-state index is 14.8. The number of pyridine rings is 1. The average molecular weight is 471 g/mol. The summed E-state index contributed by atoms with van der Waals surface area (Å²) >= 11 is 0. The fourth-order valence-electron chi connectivity index (χ4n) is 3.74. The molecule has 34 heavy (non-hydrogen) atoms. The highest BCUT2D eigenvalue weighted by atomic mass is 19.1. The van der Waals surface area contributed by atoms with Crippen LogP contribution in [0, 0.1) is 15.9 Å². The van der Waals surface area contributed by atoms with Gasteiger partial charge in [0.1, 0.15) is 24.7 Å². The Hall–Kier alpha value is -4.26. The predicted octanol–water partition coefficient (Wildman–Crippen LogP) is 2.15. The number of aliphatic hydroxyl groups is 1. The van der Waals surface area contributed by atoms with Gasteiger partial charge in [-0.25, -0.2) is 14.2 Å². The third-order valence-electron chi connectivity index (χ3n) is 5.39. The van der Waals surface area contributed by atoms with Crippen molar-refractivity contribution in [2.24, 2.45) is 0 Å². The molecule has 0 bridgehead atoms. The van der Waals surface area contributed by atoms with E-state index < -0.39 is 29.0 Å². The molecule has 12 nitrogen and oxygen atoms in total. The minimum absolute atomic E-state index is 0.139. The standard InChI is InChI=1S/C21H18FN5O7/c22-17-5-13(26-8-14(10-28)34-21(26)29)2-3-16(17)12-1-4-19(23-6-12)33-15-7-25-9-18(27(30)31)24-20(25)32-11-15/h1-6,9,14-15,28H,7-8,10-11H2. The number of imidazole rings is 1. The SMILES string of the molecule is O=C1OC(CO)CN1c1ccc(-c2ccc(OC3COc4nc([N+](=O)[O-])cn4C3)nc2)c(F)c1. The summed E-state index contributed by atoms with van der Waals surface area (Å²) in [5.74, 6) is -0.577. The summed E-state index contributed by atoms with van der Waals surface area (Å²) in [6, 6.07) is 7.72. The molecule has 1 aromatic carbocycles. The first-order chi connectivity index (χ1) is 16.4.